The van der Waals surface area contributed by atoms with E-state index in [1.54, 1.807) is 6.20 Å². The van der Waals surface area contributed by atoms with E-state index in [0.29, 0.717) is 0 Å². The number of hydrogen-bond acceptors (Lipinski definition) is 3. The van der Waals surface area contributed by atoms with Gasteiger partial charge in [0.05, 0.1) is 5.56 Å². The molecule has 0 saturated heterocycles. The second-order valence-electron chi connectivity index (χ2n) is 3.68. The minimum absolute atomic E-state index is 0.180. The normalized spacial score (nSPS) is 11.6. The maximum absolute atomic E-state index is 12.5. The maximum atomic E-state index is 12.5. The average molecular weight is 273 g/mol. The monoisotopic (exact) mass is 273 g/mol. The van der Waals surface area contributed by atoms with E-state index in [0.717, 1.165) is 22.0 Å². The molecule has 6 heteroatoms. The van der Waals surface area contributed by atoms with Gasteiger partial charge in [0.2, 0.25) is 0 Å². The Morgan fingerprint density at radius 1 is 1.33 bits per heavy atom. The summed E-state index contributed by atoms with van der Waals surface area (Å²) in [4.78, 5) is 5.11. The second kappa shape index (κ2) is 4.97. The molecule has 0 unspecified atom stereocenters. The van der Waals surface area contributed by atoms with Gasteiger partial charge in [-0.3, -0.25) is 0 Å². The molecule has 0 saturated carbocycles. The molecule has 0 aliphatic carbocycles. The zero-order valence-corrected chi connectivity index (χ0v) is 10.3. The average Bonchev–Trinajstić information content (AvgIpc) is 2.72. The van der Waals surface area contributed by atoms with E-state index in [1.807, 2.05) is 6.92 Å². The Balaban J connectivity index is 2.06. The largest absolute Gasteiger partial charge is 0.486 e. The van der Waals surface area contributed by atoms with E-state index in [4.69, 9.17) is 4.74 Å². The number of hydrogen-bond donors (Lipinski definition) is 0. The van der Waals surface area contributed by atoms with Crippen LogP contribution in [0.2, 0.25) is 0 Å². The van der Waals surface area contributed by atoms with Gasteiger partial charge >= 0.3 is 6.18 Å². The summed E-state index contributed by atoms with van der Waals surface area (Å²) < 4.78 is 42.7. The summed E-state index contributed by atoms with van der Waals surface area (Å²) in [5.74, 6) is 0.192. The van der Waals surface area contributed by atoms with E-state index < -0.39 is 11.7 Å². The van der Waals surface area contributed by atoms with Crippen LogP contribution in [0.4, 0.5) is 13.2 Å². The van der Waals surface area contributed by atoms with Crippen LogP contribution in [-0.4, -0.2) is 4.98 Å². The van der Waals surface area contributed by atoms with Gasteiger partial charge in [-0.2, -0.15) is 13.2 Å². The van der Waals surface area contributed by atoms with Crippen molar-refractivity contribution in [1.82, 2.24) is 4.98 Å². The highest BCUT2D eigenvalue weighted by Crippen LogP contribution is 2.31. The number of aryl methyl sites for hydroxylation is 1. The molecule has 2 nitrogen and oxygen atoms in total. The Morgan fingerprint density at radius 2 is 2.11 bits per heavy atom. The zero-order chi connectivity index (χ0) is 13.2. The van der Waals surface area contributed by atoms with Crippen molar-refractivity contribution in [2.24, 2.45) is 0 Å². The van der Waals surface area contributed by atoms with Crippen LogP contribution in [0.3, 0.4) is 0 Å². The third kappa shape index (κ3) is 3.22. The molecular weight excluding hydrogens is 263 g/mol. The number of ether oxygens (including phenoxy) is 1. The molecule has 1 aromatic heterocycles. The predicted octanol–water partition coefficient (Wildman–Crippen LogP) is 4.05. The smallest absolute Gasteiger partial charge is 0.416 e. The van der Waals surface area contributed by atoms with Crippen molar-refractivity contribution < 1.29 is 17.9 Å². The Bertz CT molecular complexity index is 536. The molecule has 2 rings (SSSR count). The van der Waals surface area contributed by atoms with Gasteiger partial charge in [-0.1, -0.05) is 6.07 Å². The highest BCUT2D eigenvalue weighted by molar-refractivity contribution is 7.11. The molecule has 0 atom stereocenters. The molecule has 1 heterocycles. The number of aromatic nitrogens is 1. The van der Waals surface area contributed by atoms with Crippen molar-refractivity contribution in [3.05, 3.63) is 45.9 Å². The first-order chi connectivity index (χ1) is 8.45. The summed E-state index contributed by atoms with van der Waals surface area (Å²) in [7, 11) is 0. The van der Waals surface area contributed by atoms with Crippen LogP contribution in [-0.2, 0) is 12.8 Å². The van der Waals surface area contributed by atoms with Crippen molar-refractivity contribution in [3.8, 4) is 5.75 Å². The van der Waals surface area contributed by atoms with Crippen LogP contribution in [0.15, 0.2) is 30.5 Å². The van der Waals surface area contributed by atoms with Gasteiger partial charge in [-0.05, 0) is 25.1 Å². The van der Waals surface area contributed by atoms with Gasteiger partial charge < -0.3 is 4.74 Å². The van der Waals surface area contributed by atoms with Crippen molar-refractivity contribution >= 4 is 11.3 Å². The van der Waals surface area contributed by atoms with Gasteiger partial charge in [0.1, 0.15) is 17.4 Å². The molecule has 0 N–H and O–H groups in total. The topological polar surface area (TPSA) is 22.1 Å². The van der Waals surface area contributed by atoms with Crippen LogP contribution < -0.4 is 4.74 Å². The van der Waals surface area contributed by atoms with Crippen LogP contribution in [0.1, 0.15) is 15.4 Å². The lowest BCUT2D eigenvalue weighted by Gasteiger charge is -2.09. The number of thiazole rings is 1. The zero-order valence-electron chi connectivity index (χ0n) is 9.49. The summed E-state index contributed by atoms with van der Waals surface area (Å²) in [5, 5.41) is 0.741. The third-order valence-electron chi connectivity index (χ3n) is 2.19. The van der Waals surface area contributed by atoms with Gasteiger partial charge in [-0.25, -0.2) is 4.98 Å². The fourth-order valence-corrected chi connectivity index (χ4v) is 2.08. The number of alkyl halides is 3. The van der Waals surface area contributed by atoms with Crippen molar-refractivity contribution in [1.29, 1.82) is 0 Å². The lowest BCUT2D eigenvalue weighted by atomic mass is 10.2. The SMILES string of the molecule is Cc1cnc(COc2cccc(C(F)(F)F)c2)s1. The van der Waals surface area contributed by atoms with Crippen LogP contribution in [0, 0.1) is 6.92 Å². The number of benzene rings is 1. The first kappa shape index (κ1) is 12.9. The molecule has 0 aliphatic heterocycles. The molecule has 1 aromatic carbocycles. The predicted molar refractivity (Wildman–Crippen MR) is 62.6 cm³/mol. The van der Waals surface area contributed by atoms with Gasteiger partial charge in [0.25, 0.3) is 0 Å². The van der Waals surface area contributed by atoms with Crippen molar-refractivity contribution in [2.75, 3.05) is 0 Å². The summed E-state index contributed by atoms with van der Waals surface area (Å²) in [6, 6.07) is 4.82. The van der Waals surface area contributed by atoms with Crippen molar-refractivity contribution in [3.63, 3.8) is 0 Å². The molecule has 0 fully saturated rings. The minimum atomic E-state index is -4.35. The Kier molecular flexibility index (Phi) is 3.56. The summed E-state index contributed by atoms with van der Waals surface area (Å²) >= 11 is 1.46. The van der Waals surface area contributed by atoms with Gasteiger partial charge in [0.15, 0.2) is 0 Å². The molecule has 0 radical (unpaired) electrons. The number of rotatable bonds is 3. The number of halogens is 3. The highest BCUT2D eigenvalue weighted by atomic mass is 32.1. The maximum Gasteiger partial charge on any atom is 0.416 e. The van der Waals surface area contributed by atoms with E-state index >= 15 is 0 Å². The Morgan fingerprint density at radius 3 is 2.72 bits per heavy atom. The molecule has 2 aromatic rings. The molecular formula is C12H10F3NOS. The fraction of sp³-hybridized carbons (Fsp3) is 0.250. The van der Waals surface area contributed by atoms with Gasteiger partial charge in [-0.15, -0.1) is 11.3 Å². The van der Waals surface area contributed by atoms with E-state index in [1.165, 1.54) is 23.5 Å². The van der Waals surface area contributed by atoms with Crippen LogP contribution in [0.25, 0.3) is 0 Å². The van der Waals surface area contributed by atoms with E-state index in [2.05, 4.69) is 4.98 Å². The van der Waals surface area contributed by atoms with Crippen LogP contribution >= 0.6 is 11.3 Å². The summed E-state index contributed by atoms with van der Waals surface area (Å²) in [5.41, 5.74) is -0.713. The second-order valence-corrected chi connectivity index (χ2v) is 5.00. The Labute approximate surface area is 106 Å². The van der Waals surface area contributed by atoms with Gasteiger partial charge in [0, 0.05) is 11.1 Å². The van der Waals surface area contributed by atoms with Crippen LogP contribution in [0.5, 0.6) is 5.75 Å². The standard InChI is InChI=1S/C12H10F3NOS/c1-8-6-16-11(18-8)7-17-10-4-2-3-9(5-10)12(13,14)15/h2-6H,7H2,1H3. The first-order valence-electron chi connectivity index (χ1n) is 5.16. The quantitative estimate of drug-likeness (QED) is 0.841. The lowest BCUT2D eigenvalue weighted by Crippen LogP contribution is -2.05. The third-order valence-corrected chi connectivity index (χ3v) is 3.08. The van der Waals surface area contributed by atoms with Crippen molar-refractivity contribution in [2.45, 2.75) is 19.7 Å². The summed E-state index contributed by atoms with van der Waals surface area (Å²) in [6.07, 6.45) is -2.65. The molecule has 0 spiro atoms. The highest BCUT2D eigenvalue weighted by Gasteiger charge is 2.30. The molecule has 0 bridgehead atoms. The molecule has 96 valence electrons. The summed E-state index contributed by atoms with van der Waals surface area (Å²) in [6.45, 7) is 2.09. The van der Waals surface area contributed by atoms with E-state index in [-0.39, 0.29) is 12.4 Å². The fourth-order valence-electron chi connectivity index (χ4n) is 1.38. The minimum Gasteiger partial charge on any atom is -0.486 e. The number of nitrogens with zero attached hydrogens (tertiary/aromatic N) is 1. The molecule has 0 aliphatic rings. The first-order valence-corrected chi connectivity index (χ1v) is 5.98. The molecule has 18 heavy (non-hydrogen) atoms. The lowest BCUT2D eigenvalue weighted by molar-refractivity contribution is -0.137. The van der Waals surface area contributed by atoms with E-state index in [9.17, 15) is 13.2 Å². The Hall–Kier alpha value is -1.56. The molecule has 0 amide bonds.